The van der Waals surface area contributed by atoms with Crippen LogP contribution in [-0.2, 0) is 4.79 Å². The first-order valence-electron chi connectivity index (χ1n) is 7.51. The second-order valence-electron chi connectivity index (χ2n) is 6.01. The number of carbonyl (C=O) groups excluding carboxylic acids is 1. The molecule has 22 heavy (non-hydrogen) atoms. The number of nitrogens with one attached hydrogen (secondary N) is 2. The van der Waals surface area contributed by atoms with Gasteiger partial charge in [-0.15, -0.1) is 0 Å². The maximum atomic E-state index is 12.3. The van der Waals surface area contributed by atoms with Gasteiger partial charge in [-0.25, -0.2) is 4.98 Å². The number of nitrogens with zero attached hydrogens (tertiary/aromatic N) is 1. The van der Waals surface area contributed by atoms with Gasteiger partial charge in [0.15, 0.2) is 0 Å². The molecule has 0 aliphatic heterocycles. The van der Waals surface area contributed by atoms with E-state index in [2.05, 4.69) is 15.6 Å². The van der Waals surface area contributed by atoms with Crippen molar-refractivity contribution in [3.05, 3.63) is 22.3 Å². The normalized spacial score (nSPS) is 24.8. The van der Waals surface area contributed by atoms with E-state index < -0.39 is 5.54 Å². The summed E-state index contributed by atoms with van der Waals surface area (Å²) in [5.41, 5.74) is 5.83. The number of amides is 1. The van der Waals surface area contributed by atoms with Gasteiger partial charge in [-0.1, -0.05) is 36.0 Å². The summed E-state index contributed by atoms with van der Waals surface area (Å²) < 4.78 is 0. The van der Waals surface area contributed by atoms with Crippen molar-refractivity contribution < 1.29 is 4.79 Å². The van der Waals surface area contributed by atoms with Crippen LogP contribution in [0.3, 0.4) is 0 Å². The summed E-state index contributed by atoms with van der Waals surface area (Å²) in [5.74, 6) is 0.474. The Morgan fingerprint density at radius 3 is 2.91 bits per heavy atom. The van der Waals surface area contributed by atoms with Crippen molar-refractivity contribution in [3.8, 4) is 0 Å². The molecule has 1 aliphatic rings. The van der Waals surface area contributed by atoms with Crippen molar-refractivity contribution >= 4 is 34.9 Å². The SMILES string of the molecule is CC1(N)CCCCC1C(=O)NCCNc1ncc(Cl)cc1Cl. The van der Waals surface area contributed by atoms with Gasteiger partial charge in [0.2, 0.25) is 5.91 Å². The molecular formula is C15H22Cl2N4O. The van der Waals surface area contributed by atoms with Crippen LogP contribution in [0.5, 0.6) is 0 Å². The minimum absolute atomic E-state index is 0.0293. The number of anilines is 1. The van der Waals surface area contributed by atoms with Crippen molar-refractivity contribution in [3.63, 3.8) is 0 Å². The zero-order valence-corrected chi connectivity index (χ0v) is 14.2. The van der Waals surface area contributed by atoms with Crippen LogP contribution >= 0.6 is 23.2 Å². The molecule has 5 nitrogen and oxygen atoms in total. The Morgan fingerprint density at radius 1 is 1.45 bits per heavy atom. The Morgan fingerprint density at radius 2 is 2.23 bits per heavy atom. The van der Waals surface area contributed by atoms with Crippen LogP contribution in [-0.4, -0.2) is 29.5 Å². The molecular weight excluding hydrogens is 323 g/mol. The number of carbonyl (C=O) groups is 1. The number of rotatable bonds is 5. The molecule has 1 heterocycles. The lowest BCUT2D eigenvalue weighted by molar-refractivity contribution is -0.128. The Balaban J connectivity index is 1.77. The molecule has 1 aliphatic carbocycles. The smallest absolute Gasteiger partial charge is 0.225 e. The largest absolute Gasteiger partial charge is 0.367 e. The maximum Gasteiger partial charge on any atom is 0.225 e. The topological polar surface area (TPSA) is 80.0 Å². The quantitative estimate of drug-likeness (QED) is 0.717. The van der Waals surface area contributed by atoms with Crippen LogP contribution in [0.4, 0.5) is 5.82 Å². The summed E-state index contributed by atoms with van der Waals surface area (Å²) in [6, 6.07) is 1.62. The third kappa shape index (κ3) is 4.48. The van der Waals surface area contributed by atoms with Crippen LogP contribution in [0.1, 0.15) is 32.6 Å². The van der Waals surface area contributed by atoms with Crippen molar-refractivity contribution in [2.45, 2.75) is 38.1 Å². The first kappa shape index (κ1) is 17.3. The molecule has 1 saturated carbocycles. The van der Waals surface area contributed by atoms with E-state index in [-0.39, 0.29) is 11.8 Å². The van der Waals surface area contributed by atoms with Gasteiger partial charge in [0, 0.05) is 24.8 Å². The summed E-state index contributed by atoms with van der Waals surface area (Å²) in [4.78, 5) is 16.4. The van der Waals surface area contributed by atoms with Crippen molar-refractivity contribution in [2.24, 2.45) is 11.7 Å². The van der Waals surface area contributed by atoms with E-state index in [4.69, 9.17) is 28.9 Å². The van der Waals surface area contributed by atoms with Crippen LogP contribution in [0.25, 0.3) is 0 Å². The second-order valence-corrected chi connectivity index (χ2v) is 6.85. The number of pyridine rings is 1. The average molecular weight is 345 g/mol. The Kier molecular flexibility index (Phi) is 5.89. The number of hydrogen-bond donors (Lipinski definition) is 3. The molecule has 2 unspecified atom stereocenters. The van der Waals surface area contributed by atoms with E-state index in [1.165, 1.54) is 6.20 Å². The number of nitrogens with two attached hydrogens (primary N) is 1. The second kappa shape index (κ2) is 7.49. The fourth-order valence-corrected chi connectivity index (χ4v) is 3.27. The highest BCUT2D eigenvalue weighted by Crippen LogP contribution is 2.31. The molecule has 0 bridgehead atoms. The van der Waals surface area contributed by atoms with E-state index >= 15 is 0 Å². The monoisotopic (exact) mass is 344 g/mol. The fraction of sp³-hybridized carbons (Fsp3) is 0.600. The highest BCUT2D eigenvalue weighted by Gasteiger charge is 2.37. The molecule has 1 aromatic rings. The third-order valence-corrected chi connectivity index (χ3v) is 4.59. The summed E-state index contributed by atoms with van der Waals surface area (Å²) in [7, 11) is 0. The molecule has 1 fully saturated rings. The fourth-order valence-electron chi connectivity index (χ4n) is 2.82. The van der Waals surface area contributed by atoms with Gasteiger partial charge in [0.25, 0.3) is 0 Å². The molecule has 0 saturated heterocycles. The highest BCUT2D eigenvalue weighted by molar-refractivity contribution is 6.35. The zero-order valence-electron chi connectivity index (χ0n) is 12.7. The van der Waals surface area contributed by atoms with Gasteiger partial charge in [-0.2, -0.15) is 0 Å². The minimum Gasteiger partial charge on any atom is -0.367 e. The first-order valence-corrected chi connectivity index (χ1v) is 8.27. The minimum atomic E-state index is -0.406. The lowest BCUT2D eigenvalue weighted by Crippen LogP contribution is -2.53. The van der Waals surface area contributed by atoms with Crippen LogP contribution < -0.4 is 16.4 Å². The van der Waals surface area contributed by atoms with Gasteiger partial charge in [0.05, 0.1) is 16.0 Å². The van der Waals surface area contributed by atoms with Crippen molar-refractivity contribution in [1.29, 1.82) is 0 Å². The predicted octanol–water partition coefficient (Wildman–Crippen LogP) is 2.82. The van der Waals surface area contributed by atoms with Crippen LogP contribution in [0.2, 0.25) is 10.0 Å². The molecule has 1 aromatic heterocycles. The third-order valence-electron chi connectivity index (χ3n) is 4.10. The molecule has 0 spiro atoms. The standard InChI is InChI=1S/C15H22Cl2N4O/c1-15(18)5-3-2-4-11(15)14(22)20-7-6-19-13-12(17)8-10(16)9-21-13/h8-9,11H,2-7,18H2,1H3,(H,19,21)(H,20,22). The van der Waals surface area contributed by atoms with E-state index in [1.807, 2.05) is 6.92 Å². The van der Waals surface area contributed by atoms with E-state index in [0.717, 1.165) is 25.7 Å². The van der Waals surface area contributed by atoms with E-state index in [1.54, 1.807) is 6.07 Å². The van der Waals surface area contributed by atoms with Crippen LogP contribution in [0.15, 0.2) is 12.3 Å². The Bertz CT molecular complexity index is 536. The molecule has 2 rings (SSSR count). The summed E-state index contributed by atoms with van der Waals surface area (Å²) >= 11 is 11.8. The first-order chi connectivity index (χ1) is 10.4. The van der Waals surface area contributed by atoms with Crippen molar-refractivity contribution in [1.82, 2.24) is 10.3 Å². The van der Waals surface area contributed by atoms with Gasteiger partial charge in [0.1, 0.15) is 5.82 Å². The van der Waals surface area contributed by atoms with Crippen molar-refractivity contribution in [2.75, 3.05) is 18.4 Å². The number of hydrogen-bond acceptors (Lipinski definition) is 4. The highest BCUT2D eigenvalue weighted by atomic mass is 35.5. The zero-order chi connectivity index (χ0) is 16.2. The molecule has 4 N–H and O–H groups in total. The maximum absolute atomic E-state index is 12.3. The lowest BCUT2D eigenvalue weighted by atomic mass is 9.74. The van der Waals surface area contributed by atoms with Gasteiger partial charge < -0.3 is 16.4 Å². The number of aromatic nitrogens is 1. The van der Waals surface area contributed by atoms with Gasteiger partial charge in [-0.3, -0.25) is 4.79 Å². The summed E-state index contributed by atoms with van der Waals surface area (Å²) in [6.45, 7) is 2.99. The molecule has 1 amide bonds. The lowest BCUT2D eigenvalue weighted by Gasteiger charge is -2.37. The van der Waals surface area contributed by atoms with E-state index in [9.17, 15) is 4.79 Å². The van der Waals surface area contributed by atoms with Gasteiger partial charge in [-0.05, 0) is 25.8 Å². The van der Waals surface area contributed by atoms with Crippen LogP contribution in [0, 0.1) is 5.92 Å². The van der Waals surface area contributed by atoms with E-state index in [0.29, 0.717) is 29.0 Å². The number of halogens is 2. The molecule has 0 radical (unpaired) electrons. The molecule has 122 valence electrons. The van der Waals surface area contributed by atoms with Gasteiger partial charge >= 0.3 is 0 Å². The summed E-state index contributed by atoms with van der Waals surface area (Å²) in [6.07, 6.45) is 5.44. The Labute approximate surface area is 141 Å². The predicted molar refractivity (Wildman–Crippen MR) is 90.3 cm³/mol. The summed E-state index contributed by atoms with van der Waals surface area (Å²) in [5, 5.41) is 6.95. The Hall–Kier alpha value is -1.04. The molecule has 2 atom stereocenters. The molecule has 7 heteroatoms. The molecule has 0 aromatic carbocycles. The average Bonchev–Trinajstić information content (AvgIpc) is 2.44.